The second kappa shape index (κ2) is 4.13. The fraction of sp³-hybridized carbons (Fsp3) is 0.600. The van der Waals surface area contributed by atoms with Gasteiger partial charge in [-0.1, -0.05) is 0 Å². The van der Waals surface area contributed by atoms with Crippen LogP contribution in [0.5, 0.6) is 0 Å². The van der Waals surface area contributed by atoms with E-state index in [-0.39, 0.29) is 12.1 Å². The molecule has 0 radical (unpaired) electrons. The van der Waals surface area contributed by atoms with Gasteiger partial charge in [-0.3, -0.25) is 4.90 Å². The number of nitrogens with zero attached hydrogens (tertiary/aromatic N) is 2. The fourth-order valence-electron chi connectivity index (χ4n) is 2.14. The molecule has 0 saturated heterocycles. The zero-order valence-electron chi connectivity index (χ0n) is 9.49. The number of ether oxygens (including phenoxy) is 1. The number of hydrogen-bond donors (Lipinski definition) is 2. The Morgan fingerprint density at radius 3 is 3.12 bits per heavy atom. The summed E-state index contributed by atoms with van der Waals surface area (Å²) >= 11 is 0. The third-order valence-electron chi connectivity index (χ3n) is 2.86. The number of amides is 1. The van der Waals surface area contributed by atoms with Crippen LogP contribution in [0.4, 0.5) is 4.79 Å². The van der Waals surface area contributed by atoms with Gasteiger partial charge in [0.25, 0.3) is 0 Å². The third-order valence-corrected chi connectivity index (χ3v) is 2.86. The Morgan fingerprint density at radius 1 is 1.75 bits per heavy atom. The van der Waals surface area contributed by atoms with E-state index in [2.05, 4.69) is 9.97 Å². The Kier molecular flexibility index (Phi) is 2.82. The van der Waals surface area contributed by atoms with E-state index < -0.39 is 0 Å². The summed E-state index contributed by atoms with van der Waals surface area (Å²) in [6.45, 7) is 2.87. The molecular weight excluding hydrogens is 208 g/mol. The van der Waals surface area contributed by atoms with Crippen LogP contribution < -0.4 is 5.73 Å². The molecule has 0 aromatic carbocycles. The average Bonchev–Trinajstić information content (AvgIpc) is 2.66. The summed E-state index contributed by atoms with van der Waals surface area (Å²) < 4.78 is 4.74. The quantitative estimate of drug-likeness (QED) is 0.720. The number of imidazole rings is 1. The summed E-state index contributed by atoms with van der Waals surface area (Å²) in [6, 6.07) is -0.179. The molecule has 16 heavy (non-hydrogen) atoms. The Morgan fingerprint density at radius 2 is 2.50 bits per heavy atom. The molecule has 0 saturated carbocycles. The van der Waals surface area contributed by atoms with Gasteiger partial charge in [0.1, 0.15) is 5.82 Å². The number of H-pyrrole nitrogens is 1. The first-order valence-electron chi connectivity index (χ1n) is 5.27. The number of aromatic nitrogens is 2. The minimum absolute atomic E-state index is 0.179. The van der Waals surface area contributed by atoms with E-state index in [9.17, 15) is 4.79 Å². The van der Waals surface area contributed by atoms with E-state index in [4.69, 9.17) is 10.5 Å². The van der Waals surface area contributed by atoms with E-state index in [0.717, 1.165) is 23.6 Å². The van der Waals surface area contributed by atoms with Gasteiger partial charge >= 0.3 is 6.09 Å². The average molecular weight is 224 g/mol. The SMILES string of the molecule is COC(=O)N1CCc2[nH]c(C)nc2C1CN. The standard InChI is InChI=1S/C10H16N4O2/c1-6-12-7-3-4-14(10(15)16-2)8(5-11)9(7)13-6/h8H,3-5,11H2,1-2H3,(H,12,13). The van der Waals surface area contributed by atoms with Crippen molar-refractivity contribution in [2.24, 2.45) is 5.73 Å². The zero-order valence-corrected chi connectivity index (χ0v) is 9.49. The first kappa shape index (κ1) is 10.9. The lowest BCUT2D eigenvalue weighted by atomic mass is 10.0. The van der Waals surface area contributed by atoms with Crippen molar-refractivity contribution in [2.45, 2.75) is 19.4 Å². The highest BCUT2D eigenvalue weighted by Gasteiger charge is 2.32. The molecular formula is C10H16N4O2. The van der Waals surface area contributed by atoms with Crippen LogP contribution in [0.15, 0.2) is 0 Å². The second-order valence-electron chi connectivity index (χ2n) is 3.85. The third kappa shape index (κ3) is 1.65. The van der Waals surface area contributed by atoms with Gasteiger partial charge in [-0.15, -0.1) is 0 Å². The first-order chi connectivity index (χ1) is 7.67. The van der Waals surface area contributed by atoms with Crippen molar-refractivity contribution in [3.05, 3.63) is 17.2 Å². The van der Waals surface area contributed by atoms with Crippen LogP contribution in [-0.4, -0.2) is 41.2 Å². The Labute approximate surface area is 93.8 Å². The van der Waals surface area contributed by atoms with Crippen molar-refractivity contribution in [1.82, 2.24) is 14.9 Å². The van der Waals surface area contributed by atoms with Crippen molar-refractivity contribution in [2.75, 3.05) is 20.2 Å². The summed E-state index contributed by atoms with van der Waals surface area (Å²) in [7, 11) is 1.38. The van der Waals surface area contributed by atoms with Crippen molar-refractivity contribution >= 4 is 6.09 Å². The second-order valence-corrected chi connectivity index (χ2v) is 3.85. The summed E-state index contributed by atoms with van der Waals surface area (Å²) in [4.78, 5) is 20.8. The Balaban J connectivity index is 2.33. The van der Waals surface area contributed by atoms with Crippen LogP contribution in [0.2, 0.25) is 0 Å². The number of methoxy groups -OCH3 is 1. The van der Waals surface area contributed by atoms with E-state index in [1.807, 2.05) is 6.92 Å². The molecule has 1 aromatic rings. The molecule has 1 amide bonds. The summed E-state index contributed by atoms with van der Waals surface area (Å²) in [5.74, 6) is 0.857. The number of carbonyl (C=O) groups excluding carboxylic acids is 1. The smallest absolute Gasteiger partial charge is 0.410 e. The monoisotopic (exact) mass is 224 g/mol. The van der Waals surface area contributed by atoms with Gasteiger partial charge in [0.2, 0.25) is 0 Å². The normalized spacial score (nSPS) is 19.4. The number of hydrogen-bond acceptors (Lipinski definition) is 4. The number of carbonyl (C=O) groups is 1. The predicted molar refractivity (Wildman–Crippen MR) is 57.9 cm³/mol. The van der Waals surface area contributed by atoms with Crippen molar-refractivity contribution in [3.63, 3.8) is 0 Å². The molecule has 2 rings (SSSR count). The van der Waals surface area contributed by atoms with Crippen molar-refractivity contribution in [1.29, 1.82) is 0 Å². The van der Waals surface area contributed by atoms with Crippen molar-refractivity contribution < 1.29 is 9.53 Å². The summed E-state index contributed by atoms with van der Waals surface area (Å²) in [5, 5.41) is 0. The highest BCUT2D eigenvalue weighted by molar-refractivity contribution is 5.68. The summed E-state index contributed by atoms with van der Waals surface area (Å²) in [6.07, 6.45) is 0.420. The highest BCUT2D eigenvalue weighted by atomic mass is 16.5. The van der Waals surface area contributed by atoms with Crippen LogP contribution in [0, 0.1) is 6.92 Å². The zero-order chi connectivity index (χ0) is 11.7. The van der Waals surface area contributed by atoms with Crippen LogP contribution in [0.1, 0.15) is 23.3 Å². The first-order valence-corrected chi connectivity index (χ1v) is 5.27. The number of fused-ring (bicyclic) bond motifs is 1. The molecule has 1 atom stereocenters. The maximum Gasteiger partial charge on any atom is 0.410 e. The van der Waals surface area contributed by atoms with E-state index >= 15 is 0 Å². The fourth-order valence-corrected chi connectivity index (χ4v) is 2.14. The van der Waals surface area contributed by atoms with Gasteiger partial charge < -0.3 is 15.5 Å². The van der Waals surface area contributed by atoms with E-state index in [1.54, 1.807) is 4.90 Å². The highest BCUT2D eigenvalue weighted by Crippen LogP contribution is 2.27. The molecule has 6 heteroatoms. The minimum atomic E-state index is -0.346. The van der Waals surface area contributed by atoms with E-state index in [0.29, 0.717) is 13.1 Å². The molecule has 3 N–H and O–H groups in total. The lowest BCUT2D eigenvalue weighted by Gasteiger charge is -2.32. The van der Waals surface area contributed by atoms with Crippen LogP contribution in [-0.2, 0) is 11.2 Å². The Bertz CT molecular complexity index is 402. The lowest BCUT2D eigenvalue weighted by molar-refractivity contribution is 0.101. The van der Waals surface area contributed by atoms with Gasteiger partial charge in [-0.25, -0.2) is 9.78 Å². The molecule has 6 nitrogen and oxygen atoms in total. The largest absolute Gasteiger partial charge is 0.453 e. The van der Waals surface area contributed by atoms with Crippen LogP contribution in [0.3, 0.4) is 0 Å². The molecule has 1 unspecified atom stereocenters. The maximum atomic E-state index is 11.6. The maximum absolute atomic E-state index is 11.6. The lowest BCUT2D eigenvalue weighted by Crippen LogP contribution is -2.43. The molecule has 0 bridgehead atoms. The van der Waals surface area contributed by atoms with Gasteiger partial charge in [0.05, 0.1) is 18.8 Å². The molecule has 0 aliphatic carbocycles. The minimum Gasteiger partial charge on any atom is -0.453 e. The number of nitrogens with two attached hydrogens (primary N) is 1. The molecule has 1 aliphatic rings. The van der Waals surface area contributed by atoms with Gasteiger partial charge in [-0.2, -0.15) is 0 Å². The van der Waals surface area contributed by atoms with Crippen LogP contribution >= 0.6 is 0 Å². The number of aromatic amines is 1. The summed E-state index contributed by atoms with van der Waals surface area (Å²) in [5.41, 5.74) is 7.66. The molecule has 1 aliphatic heterocycles. The Hall–Kier alpha value is -1.56. The molecule has 0 fully saturated rings. The van der Waals surface area contributed by atoms with Gasteiger partial charge in [0.15, 0.2) is 0 Å². The molecule has 88 valence electrons. The topological polar surface area (TPSA) is 84.2 Å². The van der Waals surface area contributed by atoms with E-state index in [1.165, 1.54) is 7.11 Å². The van der Waals surface area contributed by atoms with Crippen molar-refractivity contribution in [3.8, 4) is 0 Å². The number of aryl methyl sites for hydroxylation is 1. The number of nitrogens with one attached hydrogen (secondary N) is 1. The molecule has 0 spiro atoms. The predicted octanol–water partition coefficient (Wildman–Crippen LogP) is 0.342. The van der Waals surface area contributed by atoms with Crippen LogP contribution in [0.25, 0.3) is 0 Å². The molecule has 1 aromatic heterocycles. The molecule has 2 heterocycles. The van der Waals surface area contributed by atoms with Gasteiger partial charge in [0, 0.05) is 25.2 Å². The van der Waals surface area contributed by atoms with Gasteiger partial charge in [-0.05, 0) is 6.92 Å². The number of rotatable bonds is 1.